The molecule has 0 aromatic carbocycles. The molecule has 0 radical (unpaired) electrons. The van der Waals surface area contributed by atoms with E-state index in [0.717, 1.165) is 37.4 Å². The van der Waals surface area contributed by atoms with Crippen LogP contribution in [-0.2, 0) is 4.79 Å². The van der Waals surface area contributed by atoms with Crippen LogP contribution in [0.15, 0.2) is 17.5 Å². The van der Waals surface area contributed by atoms with Gasteiger partial charge in [0.1, 0.15) is 0 Å². The summed E-state index contributed by atoms with van der Waals surface area (Å²) in [5, 5.41) is 4.68. The number of amides is 1. The number of likely N-dealkylation sites (tertiary alicyclic amines) is 1. The van der Waals surface area contributed by atoms with Gasteiger partial charge in [-0.2, -0.15) is 0 Å². The monoisotopic (exact) mass is 294 g/mol. The van der Waals surface area contributed by atoms with Crippen LogP contribution in [0.25, 0.3) is 0 Å². The summed E-state index contributed by atoms with van der Waals surface area (Å²) >= 11 is 1.50. The predicted octanol–water partition coefficient (Wildman–Crippen LogP) is 2.17. The van der Waals surface area contributed by atoms with Gasteiger partial charge in [0.25, 0.3) is 0 Å². The Bertz CT molecular complexity index is 472. The Balaban J connectivity index is 1.74. The number of nitrogens with one attached hydrogen (secondary N) is 1. The van der Waals surface area contributed by atoms with Crippen LogP contribution in [0, 0.1) is 5.41 Å². The van der Waals surface area contributed by atoms with E-state index >= 15 is 0 Å². The van der Waals surface area contributed by atoms with Gasteiger partial charge < -0.3 is 10.2 Å². The Kier molecular flexibility index (Phi) is 4.94. The number of hydrogen-bond acceptors (Lipinski definition) is 4. The normalized spacial score (nSPS) is 22.9. The predicted molar refractivity (Wildman–Crippen MR) is 81.1 cm³/mol. The molecule has 2 heterocycles. The largest absolute Gasteiger partial charge is 0.359 e. The Hall–Kier alpha value is -1.20. The molecule has 2 rings (SSSR count). The average molecular weight is 294 g/mol. The van der Waals surface area contributed by atoms with Crippen molar-refractivity contribution in [3.05, 3.63) is 22.4 Å². The van der Waals surface area contributed by atoms with Gasteiger partial charge in [-0.1, -0.05) is 6.07 Å². The van der Waals surface area contributed by atoms with Gasteiger partial charge >= 0.3 is 0 Å². The highest BCUT2D eigenvalue weighted by atomic mass is 32.1. The molecule has 5 heteroatoms. The molecule has 1 fully saturated rings. The molecule has 1 aliphatic rings. The van der Waals surface area contributed by atoms with Crippen molar-refractivity contribution in [2.24, 2.45) is 5.41 Å². The average Bonchev–Trinajstić information content (AvgIpc) is 3.08. The first-order chi connectivity index (χ1) is 9.55. The lowest BCUT2D eigenvalue weighted by atomic mass is 9.89. The van der Waals surface area contributed by atoms with Gasteiger partial charge in [0.15, 0.2) is 5.78 Å². The van der Waals surface area contributed by atoms with Crippen molar-refractivity contribution in [1.29, 1.82) is 0 Å². The van der Waals surface area contributed by atoms with E-state index in [9.17, 15) is 9.59 Å². The van der Waals surface area contributed by atoms with Crippen LogP contribution in [0.5, 0.6) is 0 Å². The zero-order valence-corrected chi connectivity index (χ0v) is 13.0. The van der Waals surface area contributed by atoms with Gasteiger partial charge in [-0.05, 0) is 44.3 Å². The lowest BCUT2D eigenvalue weighted by Crippen LogP contribution is -2.39. The first-order valence-electron chi connectivity index (χ1n) is 7.06. The van der Waals surface area contributed by atoms with Crippen molar-refractivity contribution < 1.29 is 9.59 Å². The Morgan fingerprint density at radius 1 is 1.50 bits per heavy atom. The minimum Gasteiger partial charge on any atom is -0.359 e. The Labute approximate surface area is 124 Å². The second kappa shape index (κ2) is 6.50. The fourth-order valence-electron chi connectivity index (χ4n) is 2.76. The van der Waals surface area contributed by atoms with Crippen LogP contribution in [-0.4, -0.2) is 43.3 Å². The summed E-state index contributed by atoms with van der Waals surface area (Å²) in [5.41, 5.74) is -0.271. The molecule has 110 valence electrons. The molecule has 0 saturated carbocycles. The molecule has 1 N–H and O–H groups in total. The number of nitrogens with zero attached hydrogens (tertiary/aromatic N) is 1. The maximum atomic E-state index is 11.9. The molecule has 1 aromatic heterocycles. The number of Topliss-reactive ketones (excluding diaryl/α,β-unsaturated/α-hetero) is 1. The molecule has 1 aliphatic heterocycles. The molecule has 1 aromatic rings. The molecule has 0 aliphatic carbocycles. The van der Waals surface area contributed by atoms with Crippen molar-refractivity contribution in [1.82, 2.24) is 10.2 Å². The summed E-state index contributed by atoms with van der Waals surface area (Å²) in [6.45, 7) is 4.64. The summed E-state index contributed by atoms with van der Waals surface area (Å²) in [5.74, 6) is 0.350. The fraction of sp³-hybridized carbons (Fsp3) is 0.600. The SMILES string of the molecule is CNC(=O)C1(C)CCN(CCCC(=O)c2cccs2)C1. The minimum absolute atomic E-state index is 0.120. The van der Waals surface area contributed by atoms with Crippen LogP contribution in [0.3, 0.4) is 0 Å². The second-order valence-corrected chi connectivity index (χ2v) is 6.62. The highest BCUT2D eigenvalue weighted by Crippen LogP contribution is 2.30. The van der Waals surface area contributed by atoms with Gasteiger partial charge in [0.05, 0.1) is 10.3 Å². The summed E-state index contributed by atoms with van der Waals surface area (Å²) in [6.07, 6.45) is 2.35. The van der Waals surface area contributed by atoms with E-state index in [1.807, 2.05) is 24.4 Å². The first-order valence-corrected chi connectivity index (χ1v) is 7.94. The Morgan fingerprint density at radius 2 is 2.30 bits per heavy atom. The summed E-state index contributed by atoms with van der Waals surface area (Å²) in [6, 6.07) is 3.79. The van der Waals surface area contributed by atoms with E-state index in [1.54, 1.807) is 7.05 Å². The van der Waals surface area contributed by atoms with Crippen molar-refractivity contribution >= 4 is 23.0 Å². The Morgan fingerprint density at radius 3 is 2.95 bits per heavy atom. The minimum atomic E-state index is -0.271. The summed E-state index contributed by atoms with van der Waals surface area (Å²) < 4.78 is 0. The number of ketones is 1. The van der Waals surface area contributed by atoms with Crippen molar-refractivity contribution in [2.45, 2.75) is 26.2 Å². The molecular formula is C15H22N2O2S. The lowest BCUT2D eigenvalue weighted by molar-refractivity contribution is -0.129. The number of carbonyl (C=O) groups is 2. The van der Waals surface area contributed by atoms with Gasteiger partial charge in [-0.3, -0.25) is 9.59 Å². The molecule has 1 atom stereocenters. The highest BCUT2D eigenvalue weighted by molar-refractivity contribution is 7.12. The number of thiophene rings is 1. The highest BCUT2D eigenvalue weighted by Gasteiger charge is 2.39. The third kappa shape index (κ3) is 3.46. The third-order valence-electron chi connectivity index (χ3n) is 4.00. The van der Waals surface area contributed by atoms with Gasteiger partial charge in [0, 0.05) is 20.0 Å². The standard InChI is InChI=1S/C15H22N2O2S/c1-15(14(19)16-2)7-9-17(11-15)8-3-5-12(18)13-6-4-10-20-13/h4,6,10H,3,5,7-9,11H2,1-2H3,(H,16,19). The van der Waals surface area contributed by atoms with E-state index < -0.39 is 0 Å². The smallest absolute Gasteiger partial charge is 0.227 e. The lowest BCUT2D eigenvalue weighted by Gasteiger charge is -2.22. The topological polar surface area (TPSA) is 49.4 Å². The quantitative estimate of drug-likeness (QED) is 0.818. The van der Waals surface area contributed by atoms with Gasteiger partial charge in [0.2, 0.25) is 5.91 Å². The third-order valence-corrected chi connectivity index (χ3v) is 4.91. The molecular weight excluding hydrogens is 272 g/mol. The molecule has 0 spiro atoms. The van der Waals surface area contributed by atoms with Crippen molar-refractivity contribution in [3.63, 3.8) is 0 Å². The van der Waals surface area contributed by atoms with E-state index in [2.05, 4.69) is 10.2 Å². The maximum absolute atomic E-state index is 11.9. The molecule has 1 unspecified atom stereocenters. The number of rotatable bonds is 6. The molecule has 20 heavy (non-hydrogen) atoms. The van der Waals surface area contributed by atoms with E-state index in [-0.39, 0.29) is 17.1 Å². The number of carbonyl (C=O) groups excluding carboxylic acids is 2. The van der Waals surface area contributed by atoms with Crippen LogP contribution in [0.4, 0.5) is 0 Å². The first kappa shape index (κ1) is 15.2. The molecule has 1 amide bonds. The van der Waals surface area contributed by atoms with Crippen molar-refractivity contribution in [3.8, 4) is 0 Å². The molecule has 0 bridgehead atoms. The van der Waals surface area contributed by atoms with Crippen LogP contribution < -0.4 is 5.32 Å². The summed E-state index contributed by atoms with van der Waals surface area (Å²) in [7, 11) is 1.69. The van der Waals surface area contributed by atoms with Crippen LogP contribution >= 0.6 is 11.3 Å². The second-order valence-electron chi connectivity index (χ2n) is 5.67. The maximum Gasteiger partial charge on any atom is 0.227 e. The van der Waals surface area contributed by atoms with Crippen LogP contribution in [0.1, 0.15) is 35.9 Å². The molecule has 4 nitrogen and oxygen atoms in total. The fourth-order valence-corrected chi connectivity index (χ4v) is 3.45. The van der Waals surface area contributed by atoms with Gasteiger partial charge in [-0.25, -0.2) is 0 Å². The summed E-state index contributed by atoms with van der Waals surface area (Å²) in [4.78, 5) is 26.9. The van der Waals surface area contributed by atoms with Gasteiger partial charge in [-0.15, -0.1) is 11.3 Å². The van der Waals surface area contributed by atoms with E-state index in [4.69, 9.17) is 0 Å². The van der Waals surface area contributed by atoms with E-state index in [1.165, 1.54) is 11.3 Å². The molecule has 1 saturated heterocycles. The van der Waals surface area contributed by atoms with Crippen LogP contribution in [0.2, 0.25) is 0 Å². The van der Waals surface area contributed by atoms with E-state index in [0.29, 0.717) is 6.42 Å². The van der Waals surface area contributed by atoms with Crippen molar-refractivity contribution in [2.75, 3.05) is 26.7 Å². The number of hydrogen-bond donors (Lipinski definition) is 1. The zero-order chi connectivity index (χ0) is 14.6. The zero-order valence-electron chi connectivity index (χ0n) is 12.1.